The van der Waals surface area contributed by atoms with Crippen molar-refractivity contribution in [3.8, 4) is 5.75 Å². The number of hydrogen-bond acceptors (Lipinski definition) is 5. The van der Waals surface area contributed by atoms with E-state index in [4.69, 9.17) is 4.74 Å². The summed E-state index contributed by atoms with van der Waals surface area (Å²) in [6, 6.07) is 8.37. The van der Waals surface area contributed by atoms with Gasteiger partial charge >= 0.3 is 5.97 Å². The first kappa shape index (κ1) is 15.6. The highest BCUT2D eigenvalue weighted by Crippen LogP contribution is 2.22. The first-order chi connectivity index (χ1) is 11.5. The van der Waals surface area contributed by atoms with Crippen LogP contribution in [-0.4, -0.2) is 29.5 Å². The molecule has 0 saturated carbocycles. The molecule has 3 rings (SSSR count). The van der Waals surface area contributed by atoms with Crippen LogP contribution in [0.25, 0.3) is 0 Å². The van der Waals surface area contributed by atoms with Crippen LogP contribution in [0.15, 0.2) is 42.5 Å². The van der Waals surface area contributed by atoms with Gasteiger partial charge in [-0.3, -0.25) is 9.59 Å². The molecule has 122 valence electrons. The molecule has 0 saturated heterocycles. The molecule has 6 nitrogen and oxygen atoms in total. The van der Waals surface area contributed by atoms with Crippen LogP contribution in [-0.2, 0) is 9.63 Å². The van der Waals surface area contributed by atoms with Crippen molar-refractivity contribution >= 4 is 17.8 Å². The van der Waals surface area contributed by atoms with Gasteiger partial charge < -0.3 is 9.57 Å². The highest BCUT2D eigenvalue weighted by molar-refractivity contribution is 6.20. The molecule has 0 bridgehead atoms. The van der Waals surface area contributed by atoms with Gasteiger partial charge in [0.15, 0.2) is 6.61 Å². The second kappa shape index (κ2) is 6.07. The Morgan fingerprint density at radius 1 is 0.958 bits per heavy atom. The molecule has 0 atom stereocenters. The second-order valence-electron chi connectivity index (χ2n) is 4.81. The Morgan fingerprint density at radius 2 is 1.50 bits per heavy atom. The van der Waals surface area contributed by atoms with Crippen LogP contribution in [0.5, 0.6) is 5.75 Å². The van der Waals surface area contributed by atoms with E-state index in [1.165, 1.54) is 12.1 Å². The number of carbonyl (C=O) groups excluding carboxylic acids is 3. The van der Waals surface area contributed by atoms with Crippen LogP contribution >= 0.6 is 0 Å². The topological polar surface area (TPSA) is 72.9 Å². The molecule has 1 aliphatic rings. The maximum Gasteiger partial charge on any atom is 0.370 e. The number of ether oxygens (including phenoxy) is 1. The minimum atomic E-state index is -1.07. The van der Waals surface area contributed by atoms with Crippen LogP contribution in [0.2, 0.25) is 0 Å². The van der Waals surface area contributed by atoms with Gasteiger partial charge in [0.1, 0.15) is 17.4 Å². The van der Waals surface area contributed by atoms with Crippen molar-refractivity contribution in [1.29, 1.82) is 0 Å². The average molecular weight is 333 g/mol. The van der Waals surface area contributed by atoms with Gasteiger partial charge in [0.2, 0.25) is 0 Å². The molecule has 1 aliphatic heterocycles. The maximum atomic E-state index is 13.0. The molecule has 1 heterocycles. The standard InChI is InChI=1S/C16H9F2NO5/c17-9-5-10(18)7-11(6-9)23-8-14(20)24-19-15(21)12-3-1-2-4-13(12)16(19)22/h1-7H,8H2. The third-order valence-corrected chi connectivity index (χ3v) is 3.14. The number of imide groups is 1. The summed E-state index contributed by atoms with van der Waals surface area (Å²) in [5.41, 5.74) is 0.229. The van der Waals surface area contributed by atoms with Crippen molar-refractivity contribution in [1.82, 2.24) is 5.06 Å². The number of hydrogen-bond donors (Lipinski definition) is 0. The van der Waals surface area contributed by atoms with Crippen LogP contribution < -0.4 is 4.74 Å². The van der Waals surface area contributed by atoms with Gasteiger partial charge in [-0.05, 0) is 12.1 Å². The summed E-state index contributed by atoms with van der Waals surface area (Å²) < 4.78 is 30.9. The van der Waals surface area contributed by atoms with Crippen molar-refractivity contribution in [2.45, 2.75) is 0 Å². The second-order valence-corrected chi connectivity index (χ2v) is 4.81. The fourth-order valence-corrected chi connectivity index (χ4v) is 2.13. The lowest BCUT2D eigenvalue weighted by Gasteiger charge is -2.13. The molecule has 2 aromatic carbocycles. The largest absolute Gasteiger partial charge is 0.482 e. The Morgan fingerprint density at radius 3 is 2.04 bits per heavy atom. The Hall–Kier alpha value is -3.29. The number of hydroxylamine groups is 2. The summed E-state index contributed by atoms with van der Waals surface area (Å²) in [7, 11) is 0. The first-order valence-corrected chi connectivity index (χ1v) is 6.73. The Bertz CT molecular complexity index is 797. The van der Waals surface area contributed by atoms with E-state index in [9.17, 15) is 23.2 Å². The summed E-state index contributed by atoms with van der Waals surface area (Å²) in [6.45, 7) is -0.740. The van der Waals surface area contributed by atoms with E-state index in [2.05, 4.69) is 4.84 Å². The third kappa shape index (κ3) is 2.94. The number of fused-ring (bicyclic) bond motifs is 1. The van der Waals surface area contributed by atoms with Crippen LogP contribution in [0.3, 0.4) is 0 Å². The highest BCUT2D eigenvalue weighted by atomic mass is 19.1. The summed E-state index contributed by atoms with van der Waals surface area (Å²) in [5, 5.41) is 0.322. The van der Waals surface area contributed by atoms with Gasteiger partial charge in [0.05, 0.1) is 11.1 Å². The molecule has 0 aromatic heterocycles. The summed E-state index contributed by atoms with van der Waals surface area (Å²) >= 11 is 0. The predicted molar refractivity (Wildman–Crippen MR) is 74.9 cm³/mol. The van der Waals surface area contributed by atoms with Gasteiger partial charge in [-0.15, -0.1) is 0 Å². The molecule has 0 fully saturated rings. The van der Waals surface area contributed by atoms with E-state index >= 15 is 0 Å². The van der Waals surface area contributed by atoms with E-state index in [1.807, 2.05) is 0 Å². The summed E-state index contributed by atoms with van der Waals surface area (Å²) in [6.07, 6.45) is 0. The minimum Gasteiger partial charge on any atom is -0.482 e. The molecule has 0 unspecified atom stereocenters. The molecule has 0 aliphatic carbocycles. The fraction of sp³-hybridized carbons (Fsp3) is 0.0625. The van der Waals surface area contributed by atoms with Crippen molar-refractivity contribution in [2.24, 2.45) is 0 Å². The first-order valence-electron chi connectivity index (χ1n) is 6.73. The zero-order valence-electron chi connectivity index (χ0n) is 12.0. The van der Waals surface area contributed by atoms with E-state index in [1.54, 1.807) is 12.1 Å². The number of nitrogens with zero attached hydrogens (tertiary/aromatic N) is 1. The molecule has 2 amide bonds. The quantitative estimate of drug-likeness (QED) is 0.801. The van der Waals surface area contributed by atoms with Gasteiger partial charge in [-0.2, -0.15) is 0 Å². The lowest BCUT2D eigenvalue weighted by Crippen LogP contribution is -2.34. The third-order valence-electron chi connectivity index (χ3n) is 3.14. The van der Waals surface area contributed by atoms with Gasteiger partial charge in [-0.1, -0.05) is 17.2 Å². The molecule has 2 aromatic rings. The van der Waals surface area contributed by atoms with Crippen molar-refractivity contribution in [3.63, 3.8) is 0 Å². The Balaban J connectivity index is 1.64. The molecule has 0 radical (unpaired) electrons. The smallest absolute Gasteiger partial charge is 0.370 e. The SMILES string of the molecule is O=C(COc1cc(F)cc(F)c1)ON1C(=O)c2ccccc2C1=O. The zero-order valence-corrected chi connectivity index (χ0v) is 12.0. The molecular weight excluding hydrogens is 324 g/mol. The van der Waals surface area contributed by atoms with Crippen molar-refractivity contribution < 1.29 is 32.7 Å². The van der Waals surface area contributed by atoms with Gasteiger partial charge in [0, 0.05) is 18.2 Å². The van der Waals surface area contributed by atoms with Crippen molar-refractivity contribution in [2.75, 3.05) is 6.61 Å². The summed E-state index contributed by atoms with van der Waals surface area (Å²) in [4.78, 5) is 40.4. The minimum absolute atomic E-state index is 0.114. The number of carbonyl (C=O) groups is 3. The fourth-order valence-electron chi connectivity index (χ4n) is 2.13. The lowest BCUT2D eigenvalue weighted by atomic mass is 10.1. The monoisotopic (exact) mass is 333 g/mol. The lowest BCUT2D eigenvalue weighted by molar-refractivity contribution is -0.170. The summed E-state index contributed by atoms with van der Waals surface area (Å²) in [5.74, 6) is -4.61. The molecule has 0 N–H and O–H groups in total. The van der Waals surface area contributed by atoms with E-state index in [0.29, 0.717) is 11.1 Å². The average Bonchev–Trinajstić information content (AvgIpc) is 2.78. The Kier molecular flexibility index (Phi) is 3.95. The Labute approximate surface area is 134 Å². The predicted octanol–water partition coefficient (Wildman–Crippen LogP) is 2.10. The number of halogens is 2. The van der Waals surface area contributed by atoms with Gasteiger partial charge in [0.25, 0.3) is 11.8 Å². The molecular formula is C16H9F2NO5. The zero-order chi connectivity index (χ0) is 17.3. The van der Waals surface area contributed by atoms with Gasteiger partial charge in [-0.25, -0.2) is 13.6 Å². The number of benzene rings is 2. The molecule has 0 spiro atoms. The molecule has 24 heavy (non-hydrogen) atoms. The van der Waals surface area contributed by atoms with Crippen LogP contribution in [0.1, 0.15) is 20.7 Å². The normalized spacial score (nSPS) is 13.0. The van der Waals surface area contributed by atoms with E-state index in [0.717, 1.165) is 12.1 Å². The van der Waals surface area contributed by atoms with Crippen LogP contribution in [0.4, 0.5) is 8.78 Å². The number of rotatable bonds is 4. The van der Waals surface area contributed by atoms with Crippen molar-refractivity contribution in [3.05, 3.63) is 65.2 Å². The van der Waals surface area contributed by atoms with Crippen LogP contribution in [0, 0.1) is 11.6 Å². The maximum absolute atomic E-state index is 13.0. The van der Waals surface area contributed by atoms with E-state index in [-0.39, 0.29) is 16.9 Å². The number of amides is 2. The molecule has 8 heteroatoms. The van der Waals surface area contributed by atoms with E-state index < -0.39 is 36.0 Å². The highest BCUT2D eigenvalue weighted by Gasteiger charge is 2.38.